The van der Waals surface area contributed by atoms with Crippen molar-refractivity contribution in [2.75, 3.05) is 0 Å². The molecule has 1 nitrogen and oxygen atoms in total. The van der Waals surface area contributed by atoms with Gasteiger partial charge in [0, 0.05) is 3.57 Å². The van der Waals surface area contributed by atoms with Gasteiger partial charge >= 0.3 is 6.18 Å². The molecule has 0 bridgehead atoms. The van der Waals surface area contributed by atoms with Gasteiger partial charge in [-0.05, 0) is 40.3 Å². The van der Waals surface area contributed by atoms with Gasteiger partial charge in [-0.15, -0.1) is 12.4 Å². The molecule has 6 heteroatoms. The summed E-state index contributed by atoms with van der Waals surface area (Å²) in [5.41, 5.74) is 5.11. The van der Waals surface area contributed by atoms with Gasteiger partial charge in [0.2, 0.25) is 0 Å². The third-order valence-corrected chi connectivity index (χ3v) is 2.23. The maximum atomic E-state index is 12.1. The number of benzene rings is 1. The molecule has 0 aliphatic carbocycles. The maximum absolute atomic E-state index is 12.1. The molecule has 0 spiro atoms. The van der Waals surface area contributed by atoms with Crippen molar-refractivity contribution in [1.29, 1.82) is 0 Å². The molecule has 14 heavy (non-hydrogen) atoms. The van der Waals surface area contributed by atoms with Crippen LogP contribution in [-0.4, -0.2) is 6.18 Å². The summed E-state index contributed by atoms with van der Waals surface area (Å²) < 4.78 is 37.2. The second-order valence-corrected chi connectivity index (χ2v) is 3.82. The minimum Gasteiger partial charge on any atom is -0.316 e. The first-order valence-corrected chi connectivity index (χ1v) is 4.57. The molecule has 1 aromatic carbocycles. The van der Waals surface area contributed by atoms with Crippen molar-refractivity contribution in [3.8, 4) is 0 Å². The summed E-state index contributed by atoms with van der Waals surface area (Å²) in [5.74, 6) is 0. The highest BCUT2D eigenvalue weighted by molar-refractivity contribution is 14.1. The standard InChI is InChI=1S/C8H7F3IN.ClH/c9-8(10,11)7(13)5-2-1-3-6(12)4-5;/h1-4,7H,13H2;1H. The van der Waals surface area contributed by atoms with E-state index < -0.39 is 12.2 Å². The average molecular weight is 338 g/mol. The van der Waals surface area contributed by atoms with Crippen LogP contribution in [0, 0.1) is 3.57 Å². The summed E-state index contributed by atoms with van der Waals surface area (Å²) >= 11 is 1.94. The largest absolute Gasteiger partial charge is 0.407 e. The van der Waals surface area contributed by atoms with E-state index in [1.54, 1.807) is 12.1 Å². The Morgan fingerprint density at radius 2 is 1.86 bits per heavy atom. The van der Waals surface area contributed by atoms with E-state index in [0.29, 0.717) is 0 Å². The molecule has 2 N–H and O–H groups in total. The highest BCUT2D eigenvalue weighted by Crippen LogP contribution is 2.30. The molecule has 0 aliphatic rings. The summed E-state index contributed by atoms with van der Waals surface area (Å²) in [5, 5.41) is 0. The van der Waals surface area contributed by atoms with Crippen molar-refractivity contribution in [2.45, 2.75) is 12.2 Å². The van der Waals surface area contributed by atoms with E-state index in [1.807, 2.05) is 22.6 Å². The Labute approximate surface area is 99.4 Å². The van der Waals surface area contributed by atoms with Crippen LogP contribution in [0.15, 0.2) is 24.3 Å². The first kappa shape index (κ1) is 14.0. The smallest absolute Gasteiger partial charge is 0.316 e. The van der Waals surface area contributed by atoms with Crippen molar-refractivity contribution in [2.24, 2.45) is 5.73 Å². The van der Waals surface area contributed by atoms with Crippen molar-refractivity contribution >= 4 is 35.0 Å². The van der Waals surface area contributed by atoms with Gasteiger partial charge in [0.25, 0.3) is 0 Å². The Balaban J connectivity index is 0.00000169. The molecule has 80 valence electrons. The first-order chi connectivity index (χ1) is 5.91. The highest BCUT2D eigenvalue weighted by atomic mass is 127. The summed E-state index contributed by atoms with van der Waals surface area (Å²) in [6.07, 6.45) is -4.37. The van der Waals surface area contributed by atoms with E-state index in [4.69, 9.17) is 5.73 Å². The Morgan fingerprint density at radius 3 is 2.29 bits per heavy atom. The zero-order chi connectivity index (χ0) is 10.1. The number of hydrogen-bond acceptors (Lipinski definition) is 1. The zero-order valence-electron chi connectivity index (χ0n) is 6.88. The van der Waals surface area contributed by atoms with E-state index >= 15 is 0 Å². The SMILES string of the molecule is Cl.NC(c1cccc(I)c1)C(F)(F)F. The summed E-state index contributed by atoms with van der Waals surface area (Å²) in [6.45, 7) is 0. The van der Waals surface area contributed by atoms with Crippen molar-refractivity contribution in [3.63, 3.8) is 0 Å². The fourth-order valence-electron chi connectivity index (χ4n) is 0.889. The molecule has 1 rings (SSSR count). The lowest BCUT2D eigenvalue weighted by Gasteiger charge is -2.15. The number of rotatable bonds is 1. The molecule has 0 saturated heterocycles. The molecule has 0 amide bonds. The van der Waals surface area contributed by atoms with Gasteiger partial charge in [-0.25, -0.2) is 0 Å². The number of hydrogen-bond donors (Lipinski definition) is 1. The van der Waals surface area contributed by atoms with E-state index in [2.05, 4.69) is 0 Å². The van der Waals surface area contributed by atoms with Crippen LogP contribution in [-0.2, 0) is 0 Å². The predicted octanol–water partition coefficient (Wildman–Crippen LogP) is 3.28. The van der Waals surface area contributed by atoms with Crippen LogP contribution in [0.2, 0.25) is 0 Å². The maximum Gasteiger partial charge on any atom is 0.407 e. The molecular weight excluding hydrogens is 329 g/mol. The van der Waals surface area contributed by atoms with Crippen molar-refractivity contribution in [1.82, 2.24) is 0 Å². The minimum absolute atomic E-state index is 0. The highest BCUT2D eigenvalue weighted by Gasteiger charge is 2.37. The lowest BCUT2D eigenvalue weighted by atomic mass is 10.1. The van der Waals surface area contributed by atoms with Crippen LogP contribution in [0.25, 0.3) is 0 Å². The number of alkyl halides is 3. The Bertz CT molecular complexity index is 303. The molecule has 1 atom stereocenters. The molecule has 0 aliphatic heterocycles. The molecule has 0 radical (unpaired) electrons. The van der Waals surface area contributed by atoms with Gasteiger partial charge < -0.3 is 5.73 Å². The van der Waals surface area contributed by atoms with E-state index in [0.717, 1.165) is 3.57 Å². The molecule has 1 aromatic rings. The normalized spacial score (nSPS) is 13.2. The zero-order valence-corrected chi connectivity index (χ0v) is 9.86. The Morgan fingerprint density at radius 1 is 1.29 bits per heavy atom. The van der Waals surface area contributed by atoms with Crippen molar-refractivity contribution in [3.05, 3.63) is 33.4 Å². The quantitative estimate of drug-likeness (QED) is 0.782. The lowest BCUT2D eigenvalue weighted by Crippen LogP contribution is -2.28. The van der Waals surface area contributed by atoms with Crippen LogP contribution < -0.4 is 5.73 Å². The molecule has 1 unspecified atom stereocenters. The minimum atomic E-state index is -4.37. The number of halogens is 5. The summed E-state index contributed by atoms with van der Waals surface area (Å²) in [4.78, 5) is 0. The molecular formula is C8H8ClF3IN. The van der Waals surface area contributed by atoms with Crippen LogP contribution >= 0.6 is 35.0 Å². The van der Waals surface area contributed by atoms with Gasteiger partial charge in [0.15, 0.2) is 0 Å². The first-order valence-electron chi connectivity index (χ1n) is 3.49. The second kappa shape index (κ2) is 5.18. The van der Waals surface area contributed by atoms with Gasteiger partial charge in [-0.1, -0.05) is 12.1 Å². The monoisotopic (exact) mass is 337 g/mol. The molecule has 0 fully saturated rings. The second-order valence-electron chi connectivity index (χ2n) is 2.57. The average Bonchev–Trinajstić information content (AvgIpc) is 2.01. The Kier molecular flexibility index (Phi) is 5.17. The lowest BCUT2D eigenvalue weighted by molar-refractivity contribution is -0.149. The third-order valence-electron chi connectivity index (χ3n) is 1.56. The fraction of sp³-hybridized carbons (Fsp3) is 0.250. The Hall–Kier alpha value is -0.0100. The molecule has 0 heterocycles. The van der Waals surface area contributed by atoms with Crippen molar-refractivity contribution < 1.29 is 13.2 Å². The summed E-state index contributed by atoms with van der Waals surface area (Å²) in [7, 11) is 0. The summed E-state index contributed by atoms with van der Waals surface area (Å²) in [6, 6.07) is 4.19. The topological polar surface area (TPSA) is 26.0 Å². The third kappa shape index (κ3) is 3.62. The molecule has 0 saturated carbocycles. The van der Waals surface area contributed by atoms with Gasteiger partial charge in [0.1, 0.15) is 6.04 Å². The van der Waals surface area contributed by atoms with E-state index in [1.165, 1.54) is 12.1 Å². The fourth-order valence-corrected chi connectivity index (χ4v) is 1.46. The van der Waals surface area contributed by atoms with Gasteiger partial charge in [0.05, 0.1) is 0 Å². The van der Waals surface area contributed by atoms with E-state index in [9.17, 15) is 13.2 Å². The van der Waals surface area contributed by atoms with Crippen LogP contribution in [0.3, 0.4) is 0 Å². The number of nitrogens with two attached hydrogens (primary N) is 1. The van der Waals surface area contributed by atoms with Gasteiger partial charge in [-0.2, -0.15) is 13.2 Å². The van der Waals surface area contributed by atoms with Crippen LogP contribution in [0.5, 0.6) is 0 Å². The van der Waals surface area contributed by atoms with Gasteiger partial charge in [-0.3, -0.25) is 0 Å². The van der Waals surface area contributed by atoms with Crippen LogP contribution in [0.4, 0.5) is 13.2 Å². The molecule has 0 aromatic heterocycles. The van der Waals surface area contributed by atoms with Crippen LogP contribution in [0.1, 0.15) is 11.6 Å². The van der Waals surface area contributed by atoms with E-state index in [-0.39, 0.29) is 18.0 Å². The predicted molar refractivity (Wildman–Crippen MR) is 59.4 cm³/mol.